The van der Waals surface area contributed by atoms with Crippen molar-refractivity contribution in [3.8, 4) is 5.75 Å². The first-order chi connectivity index (χ1) is 11.4. The Morgan fingerprint density at radius 2 is 1.64 bits per heavy atom. The van der Waals surface area contributed by atoms with Gasteiger partial charge >= 0.3 is 0 Å². The number of halogens is 2. The van der Waals surface area contributed by atoms with Crippen LogP contribution in [0.4, 0.5) is 20.3 Å². The summed E-state index contributed by atoms with van der Waals surface area (Å²) in [5.41, 5.74) is -0.263. The number of hydrogen-bond donors (Lipinski definition) is 0. The number of benzene rings is 1. The predicted molar refractivity (Wildman–Crippen MR) is 85.0 cm³/mol. The molecule has 2 rings (SSSR count). The van der Waals surface area contributed by atoms with Crippen LogP contribution in [0.15, 0.2) is 29.3 Å². The van der Waals surface area contributed by atoms with Crippen LogP contribution < -0.4 is 9.04 Å². The van der Waals surface area contributed by atoms with Crippen LogP contribution >= 0.6 is 0 Å². The summed E-state index contributed by atoms with van der Waals surface area (Å²) in [6.07, 6.45) is 1.69. The molecule has 25 heavy (non-hydrogen) atoms. The quantitative estimate of drug-likeness (QED) is 0.753. The molecule has 1 aromatic heterocycles. The molecule has 0 aliphatic heterocycles. The summed E-state index contributed by atoms with van der Waals surface area (Å²) in [7, 11) is -6.63. The number of anilines is 2. The van der Waals surface area contributed by atoms with Crippen molar-refractivity contribution in [1.82, 2.24) is 10.2 Å². The Hall–Kier alpha value is -2.34. The van der Waals surface area contributed by atoms with Crippen molar-refractivity contribution in [1.29, 1.82) is 0 Å². The van der Waals surface area contributed by atoms with Gasteiger partial charge in [-0.25, -0.2) is 29.9 Å². The first-order valence-corrected chi connectivity index (χ1v) is 10.3. The van der Waals surface area contributed by atoms with E-state index < -0.39 is 42.3 Å². The molecule has 1 aromatic carbocycles. The molecule has 0 fully saturated rings. The van der Waals surface area contributed by atoms with Gasteiger partial charge in [0, 0.05) is 18.4 Å². The molecule has 1 heterocycles. The van der Waals surface area contributed by atoms with Crippen LogP contribution in [0.5, 0.6) is 5.75 Å². The SMILES string of the molecule is COc1cc(S(C)(=O)=O)nnc1N(c1ccc(F)c(F)c1)S(C)(=O)=O. The standard InChI is InChI=1S/C13H13F2N3O5S2/c1-23-11-7-12(24(2,19)20)16-17-13(11)18(25(3,21)22)8-4-5-9(14)10(15)6-8/h4-7H,1-3H3. The molecule has 0 saturated heterocycles. The molecule has 0 bridgehead atoms. The molecular formula is C13H13F2N3O5S2. The summed E-state index contributed by atoms with van der Waals surface area (Å²) < 4.78 is 79.6. The van der Waals surface area contributed by atoms with Gasteiger partial charge in [-0.1, -0.05) is 0 Å². The molecule has 12 heteroatoms. The first kappa shape index (κ1) is 19.0. The zero-order valence-corrected chi connectivity index (χ0v) is 14.9. The minimum atomic E-state index is -4.07. The van der Waals surface area contributed by atoms with E-state index in [9.17, 15) is 25.6 Å². The topological polar surface area (TPSA) is 107 Å². The Bertz CT molecular complexity index is 1030. The zero-order chi connectivity index (χ0) is 19.0. The number of aromatic nitrogens is 2. The largest absolute Gasteiger partial charge is 0.493 e. The van der Waals surface area contributed by atoms with Crippen LogP contribution in [0.2, 0.25) is 0 Å². The highest BCUT2D eigenvalue weighted by atomic mass is 32.2. The fourth-order valence-corrected chi connectivity index (χ4v) is 3.35. The fraction of sp³-hybridized carbons (Fsp3) is 0.231. The normalized spacial score (nSPS) is 12.0. The number of ether oxygens (including phenoxy) is 1. The third-order valence-corrected chi connectivity index (χ3v) is 4.99. The second-order valence-electron chi connectivity index (χ2n) is 4.97. The van der Waals surface area contributed by atoms with E-state index in [-0.39, 0.29) is 11.4 Å². The maximum Gasteiger partial charge on any atom is 0.237 e. The van der Waals surface area contributed by atoms with Gasteiger partial charge in [0.15, 0.2) is 32.2 Å². The fourth-order valence-electron chi connectivity index (χ4n) is 1.91. The summed E-state index contributed by atoms with van der Waals surface area (Å²) in [6.45, 7) is 0. The highest BCUT2D eigenvalue weighted by Gasteiger charge is 2.27. The van der Waals surface area contributed by atoms with Gasteiger partial charge in [0.2, 0.25) is 15.8 Å². The Kier molecular flexibility index (Phi) is 4.95. The van der Waals surface area contributed by atoms with E-state index in [1.54, 1.807) is 0 Å². The number of methoxy groups -OCH3 is 1. The number of sulfonamides is 1. The number of hydrogen-bond acceptors (Lipinski definition) is 7. The monoisotopic (exact) mass is 393 g/mol. The number of nitrogens with zero attached hydrogens (tertiary/aromatic N) is 3. The molecule has 0 aliphatic rings. The average Bonchev–Trinajstić information content (AvgIpc) is 2.49. The third-order valence-electron chi connectivity index (χ3n) is 2.98. The molecule has 136 valence electrons. The van der Waals surface area contributed by atoms with Gasteiger partial charge in [0.25, 0.3) is 0 Å². The lowest BCUT2D eigenvalue weighted by molar-refractivity contribution is 0.410. The van der Waals surface area contributed by atoms with Crippen molar-refractivity contribution >= 4 is 31.4 Å². The van der Waals surface area contributed by atoms with Crippen molar-refractivity contribution in [3.05, 3.63) is 35.9 Å². The summed E-state index contributed by atoms with van der Waals surface area (Å²) in [4.78, 5) is 0. The van der Waals surface area contributed by atoms with Crippen molar-refractivity contribution in [2.24, 2.45) is 0 Å². The zero-order valence-electron chi connectivity index (χ0n) is 13.3. The minimum Gasteiger partial charge on any atom is -0.493 e. The van der Waals surface area contributed by atoms with Crippen LogP contribution in [-0.2, 0) is 19.9 Å². The van der Waals surface area contributed by atoms with E-state index in [2.05, 4.69) is 10.2 Å². The second-order valence-corrected chi connectivity index (χ2v) is 8.77. The molecule has 0 spiro atoms. The maximum absolute atomic E-state index is 13.5. The first-order valence-electron chi connectivity index (χ1n) is 6.52. The molecule has 0 N–H and O–H groups in total. The molecule has 0 unspecified atom stereocenters. The van der Waals surface area contributed by atoms with Gasteiger partial charge < -0.3 is 4.74 Å². The van der Waals surface area contributed by atoms with Crippen LogP contribution in [-0.4, -0.2) is 46.7 Å². The lowest BCUT2D eigenvalue weighted by atomic mass is 10.3. The lowest BCUT2D eigenvalue weighted by Gasteiger charge is -2.22. The van der Waals surface area contributed by atoms with E-state index >= 15 is 0 Å². The highest BCUT2D eigenvalue weighted by molar-refractivity contribution is 7.92. The minimum absolute atomic E-state index is 0.231. The average molecular weight is 393 g/mol. The molecule has 0 atom stereocenters. The Morgan fingerprint density at radius 3 is 2.12 bits per heavy atom. The predicted octanol–water partition coefficient (Wildman–Crippen LogP) is 1.26. The molecule has 8 nitrogen and oxygen atoms in total. The van der Waals surface area contributed by atoms with Gasteiger partial charge in [0.1, 0.15) is 0 Å². The van der Waals surface area contributed by atoms with E-state index in [0.717, 1.165) is 37.8 Å². The molecule has 0 amide bonds. The van der Waals surface area contributed by atoms with E-state index in [1.165, 1.54) is 0 Å². The summed E-state index contributed by atoms with van der Waals surface area (Å²) in [5, 5.41) is 6.62. The van der Waals surface area contributed by atoms with Gasteiger partial charge in [-0.2, -0.15) is 0 Å². The Labute approximate surface area is 143 Å². The Morgan fingerprint density at radius 1 is 1.00 bits per heavy atom. The molecule has 0 radical (unpaired) electrons. The Balaban J connectivity index is 2.73. The third kappa shape index (κ3) is 4.02. The van der Waals surface area contributed by atoms with Gasteiger partial charge in [0.05, 0.1) is 19.1 Å². The maximum atomic E-state index is 13.5. The number of sulfone groups is 1. The summed E-state index contributed by atoms with van der Waals surface area (Å²) in [6, 6.07) is 3.40. The van der Waals surface area contributed by atoms with Crippen LogP contribution in [0.1, 0.15) is 0 Å². The molecule has 0 aliphatic carbocycles. The van der Waals surface area contributed by atoms with Gasteiger partial charge in [-0.15, -0.1) is 10.2 Å². The van der Waals surface area contributed by atoms with Crippen LogP contribution in [0.25, 0.3) is 0 Å². The molecule has 2 aromatic rings. The van der Waals surface area contributed by atoms with Gasteiger partial charge in [-0.05, 0) is 12.1 Å². The second kappa shape index (κ2) is 6.52. The molecule has 0 saturated carbocycles. The lowest BCUT2D eigenvalue weighted by Crippen LogP contribution is -2.27. The smallest absolute Gasteiger partial charge is 0.237 e. The number of rotatable bonds is 5. The van der Waals surface area contributed by atoms with Crippen LogP contribution in [0, 0.1) is 11.6 Å². The van der Waals surface area contributed by atoms with Crippen molar-refractivity contribution < 1.29 is 30.4 Å². The van der Waals surface area contributed by atoms with Crippen molar-refractivity contribution in [2.45, 2.75) is 5.03 Å². The summed E-state index contributed by atoms with van der Waals surface area (Å²) >= 11 is 0. The highest BCUT2D eigenvalue weighted by Crippen LogP contribution is 2.35. The van der Waals surface area contributed by atoms with Crippen molar-refractivity contribution in [2.75, 3.05) is 23.9 Å². The van der Waals surface area contributed by atoms with E-state index in [0.29, 0.717) is 10.4 Å². The van der Waals surface area contributed by atoms with Crippen LogP contribution in [0.3, 0.4) is 0 Å². The van der Waals surface area contributed by atoms with Gasteiger partial charge in [-0.3, -0.25) is 0 Å². The van der Waals surface area contributed by atoms with Crippen molar-refractivity contribution in [3.63, 3.8) is 0 Å². The van der Waals surface area contributed by atoms with E-state index in [1.807, 2.05) is 0 Å². The van der Waals surface area contributed by atoms with E-state index in [4.69, 9.17) is 4.74 Å². The molecular weight excluding hydrogens is 380 g/mol. The summed E-state index contributed by atoms with van der Waals surface area (Å²) in [5.74, 6) is -3.07.